The summed E-state index contributed by atoms with van der Waals surface area (Å²) < 4.78 is 0.787. The van der Waals surface area contributed by atoms with Gasteiger partial charge in [-0.2, -0.15) is 5.26 Å². The molecular formula is C10H9NS2. The lowest BCUT2D eigenvalue weighted by atomic mass is 10.2. The van der Waals surface area contributed by atoms with Gasteiger partial charge in [0.05, 0.1) is 15.5 Å². The van der Waals surface area contributed by atoms with Crippen molar-refractivity contribution in [3.63, 3.8) is 0 Å². The van der Waals surface area contributed by atoms with E-state index >= 15 is 0 Å². The Labute approximate surface area is 87.8 Å². The Bertz CT molecular complexity index is 327. The Morgan fingerprint density at radius 1 is 1.46 bits per heavy atom. The first-order valence-electron chi connectivity index (χ1n) is 3.89. The van der Waals surface area contributed by atoms with Crippen LogP contribution in [0.1, 0.15) is 12.5 Å². The molecule has 1 aromatic carbocycles. The van der Waals surface area contributed by atoms with Crippen molar-refractivity contribution in [2.24, 2.45) is 0 Å². The standard InChI is InChI=1S/C10H9NS2/c1-8(7-11)13-10(12)9-5-3-2-4-6-9/h2-6,8H,1H3. The van der Waals surface area contributed by atoms with E-state index in [4.69, 9.17) is 17.5 Å². The average Bonchev–Trinajstić information content (AvgIpc) is 2.19. The number of nitrogens with zero attached hydrogens (tertiary/aromatic N) is 1. The van der Waals surface area contributed by atoms with E-state index in [-0.39, 0.29) is 5.25 Å². The van der Waals surface area contributed by atoms with Crippen LogP contribution in [0, 0.1) is 11.3 Å². The molecule has 0 aliphatic carbocycles. The summed E-state index contributed by atoms with van der Waals surface area (Å²) in [4.78, 5) is 0. The number of hydrogen-bond donors (Lipinski definition) is 0. The van der Waals surface area contributed by atoms with Crippen LogP contribution in [0.2, 0.25) is 0 Å². The molecule has 13 heavy (non-hydrogen) atoms. The number of thioether (sulfide) groups is 1. The second-order valence-corrected chi connectivity index (χ2v) is 4.56. The Kier molecular flexibility index (Phi) is 3.94. The molecule has 66 valence electrons. The van der Waals surface area contributed by atoms with Crippen LogP contribution in [-0.2, 0) is 0 Å². The molecular weight excluding hydrogens is 198 g/mol. The SMILES string of the molecule is CC(C#N)SC(=S)c1ccccc1. The highest BCUT2D eigenvalue weighted by atomic mass is 32.2. The molecule has 0 saturated heterocycles. The molecule has 3 heteroatoms. The van der Waals surface area contributed by atoms with Crippen molar-refractivity contribution < 1.29 is 0 Å². The van der Waals surface area contributed by atoms with Crippen LogP contribution >= 0.6 is 24.0 Å². The van der Waals surface area contributed by atoms with Crippen LogP contribution in [0.5, 0.6) is 0 Å². The van der Waals surface area contributed by atoms with E-state index in [1.807, 2.05) is 37.3 Å². The van der Waals surface area contributed by atoms with Gasteiger partial charge in [-0.05, 0) is 12.5 Å². The summed E-state index contributed by atoms with van der Waals surface area (Å²) in [7, 11) is 0. The van der Waals surface area contributed by atoms with Gasteiger partial charge in [-0.3, -0.25) is 0 Å². The Morgan fingerprint density at radius 2 is 2.08 bits per heavy atom. The first-order valence-corrected chi connectivity index (χ1v) is 5.18. The molecule has 0 spiro atoms. The Hall–Kier alpha value is -0.850. The zero-order chi connectivity index (χ0) is 9.68. The van der Waals surface area contributed by atoms with E-state index in [9.17, 15) is 0 Å². The lowest BCUT2D eigenvalue weighted by Gasteiger charge is -2.03. The summed E-state index contributed by atoms with van der Waals surface area (Å²) in [5.74, 6) is 0. The van der Waals surface area contributed by atoms with Crippen molar-refractivity contribution in [3.8, 4) is 6.07 Å². The highest BCUT2D eigenvalue weighted by Crippen LogP contribution is 2.18. The highest BCUT2D eigenvalue weighted by Gasteiger charge is 2.06. The van der Waals surface area contributed by atoms with E-state index in [0.29, 0.717) is 0 Å². The van der Waals surface area contributed by atoms with Gasteiger partial charge in [0.1, 0.15) is 0 Å². The molecule has 0 saturated carbocycles. The minimum absolute atomic E-state index is 0.0762. The lowest BCUT2D eigenvalue weighted by Crippen LogP contribution is -1.98. The molecule has 0 bridgehead atoms. The first-order chi connectivity index (χ1) is 6.24. The van der Waals surface area contributed by atoms with Crippen molar-refractivity contribution in [1.82, 2.24) is 0 Å². The zero-order valence-corrected chi connectivity index (χ0v) is 8.86. The minimum Gasteiger partial charge on any atom is -0.197 e. The molecule has 0 heterocycles. The van der Waals surface area contributed by atoms with E-state index in [1.54, 1.807) is 0 Å². The summed E-state index contributed by atoms with van der Waals surface area (Å²) in [5, 5.41) is 8.52. The Balaban J connectivity index is 2.66. The van der Waals surface area contributed by atoms with Crippen LogP contribution in [0.25, 0.3) is 0 Å². The maximum absolute atomic E-state index is 8.60. The summed E-state index contributed by atoms with van der Waals surface area (Å²) in [6.07, 6.45) is 0. The van der Waals surface area contributed by atoms with Crippen molar-refractivity contribution in [2.45, 2.75) is 12.2 Å². The van der Waals surface area contributed by atoms with Crippen LogP contribution < -0.4 is 0 Å². The molecule has 0 fully saturated rings. The molecule has 0 amide bonds. The monoisotopic (exact) mass is 207 g/mol. The fourth-order valence-corrected chi connectivity index (χ4v) is 2.04. The second-order valence-electron chi connectivity index (χ2n) is 2.54. The number of nitriles is 1. The largest absolute Gasteiger partial charge is 0.197 e. The normalized spacial score (nSPS) is 11.7. The van der Waals surface area contributed by atoms with Gasteiger partial charge in [0.15, 0.2) is 0 Å². The molecule has 0 aliphatic heterocycles. The van der Waals surface area contributed by atoms with Crippen molar-refractivity contribution in [3.05, 3.63) is 35.9 Å². The predicted molar refractivity (Wildman–Crippen MR) is 60.8 cm³/mol. The van der Waals surface area contributed by atoms with Crippen molar-refractivity contribution in [2.75, 3.05) is 0 Å². The first kappa shape index (κ1) is 10.2. The van der Waals surface area contributed by atoms with E-state index in [2.05, 4.69) is 6.07 Å². The average molecular weight is 207 g/mol. The molecule has 1 rings (SSSR count). The van der Waals surface area contributed by atoms with Gasteiger partial charge in [-0.15, -0.1) is 0 Å². The summed E-state index contributed by atoms with van der Waals surface area (Å²) in [5.41, 5.74) is 1.02. The smallest absolute Gasteiger partial charge is 0.0944 e. The third-order valence-electron chi connectivity index (χ3n) is 1.48. The van der Waals surface area contributed by atoms with E-state index in [0.717, 1.165) is 9.76 Å². The Morgan fingerprint density at radius 3 is 2.62 bits per heavy atom. The maximum atomic E-state index is 8.60. The minimum atomic E-state index is -0.0762. The van der Waals surface area contributed by atoms with E-state index < -0.39 is 0 Å². The molecule has 1 atom stereocenters. The van der Waals surface area contributed by atoms with Gasteiger partial charge in [-0.1, -0.05) is 54.3 Å². The van der Waals surface area contributed by atoms with Crippen molar-refractivity contribution in [1.29, 1.82) is 5.26 Å². The molecule has 0 aliphatic rings. The van der Waals surface area contributed by atoms with Crippen LogP contribution in [0.3, 0.4) is 0 Å². The van der Waals surface area contributed by atoms with Crippen molar-refractivity contribution >= 4 is 28.2 Å². The van der Waals surface area contributed by atoms with Crippen LogP contribution in [0.15, 0.2) is 30.3 Å². The topological polar surface area (TPSA) is 23.8 Å². The molecule has 0 aromatic heterocycles. The predicted octanol–water partition coefficient (Wildman–Crippen LogP) is 3.01. The van der Waals surface area contributed by atoms with Crippen LogP contribution in [-0.4, -0.2) is 9.45 Å². The number of thiocarbonyl (C=S) groups is 1. The fourth-order valence-electron chi connectivity index (χ4n) is 0.829. The van der Waals surface area contributed by atoms with Crippen LogP contribution in [0.4, 0.5) is 0 Å². The van der Waals surface area contributed by atoms with Gasteiger partial charge in [0.25, 0.3) is 0 Å². The zero-order valence-electron chi connectivity index (χ0n) is 7.23. The third-order valence-corrected chi connectivity index (χ3v) is 2.91. The number of benzene rings is 1. The second kappa shape index (κ2) is 5.00. The van der Waals surface area contributed by atoms with Gasteiger partial charge < -0.3 is 0 Å². The quantitative estimate of drug-likeness (QED) is 0.697. The van der Waals surface area contributed by atoms with Gasteiger partial charge in [-0.25, -0.2) is 0 Å². The molecule has 1 aromatic rings. The van der Waals surface area contributed by atoms with Gasteiger partial charge >= 0.3 is 0 Å². The third kappa shape index (κ3) is 3.17. The van der Waals surface area contributed by atoms with Gasteiger partial charge in [0, 0.05) is 0 Å². The summed E-state index contributed by atoms with van der Waals surface area (Å²) >= 11 is 6.60. The maximum Gasteiger partial charge on any atom is 0.0944 e. The van der Waals surface area contributed by atoms with E-state index in [1.165, 1.54) is 11.8 Å². The van der Waals surface area contributed by atoms with Gasteiger partial charge in [0.2, 0.25) is 0 Å². The molecule has 0 N–H and O–H groups in total. The summed E-state index contributed by atoms with van der Waals surface area (Å²) in [6, 6.07) is 11.9. The molecule has 1 nitrogen and oxygen atoms in total. The number of rotatable bonds is 2. The fraction of sp³-hybridized carbons (Fsp3) is 0.200. The molecule has 0 radical (unpaired) electrons. The summed E-state index contributed by atoms with van der Waals surface area (Å²) in [6.45, 7) is 1.85. The number of hydrogen-bond acceptors (Lipinski definition) is 3. The lowest BCUT2D eigenvalue weighted by molar-refractivity contribution is 1.25. The highest BCUT2D eigenvalue weighted by molar-refractivity contribution is 8.24. The molecule has 1 unspecified atom stereocenters.